The van der Waals surface area contributed by atoms with Gasteiger partial charge in [-0.1, -0.05) is 87.0 Å². The molecule has 77 heavy (non-hydrogen) atoms. The number of rotatable bonds is 12. The van der Waals surface area contributed by atoms with Crippen LogP contribution in [-0.2, 0) is 66.7 Å². The van der Waals surface area contributed by atoms with Crippen molar-refractivity contribution in [1.29, 1.82) is 0 Å². The molecule has 5 unspecified atom stereocenters. The summed E-state index contributed by atoms with van der Waals surface area (Å²) in [6, 6.07) is -1.22. The summed E-state index contributed by atoms with van der Waals surface area (Å²) in [6.45, 7) is 12.9. The number of cyclic esters (lactones) is 1. The lowest BCUT2D eigenvalue weighted by atomic mass is 9.78. The zero-order valence-corrected chi connectivity index (χ0v) is 48.8. The summed E-state index contributed by atoms with van der Waals surface area (Å²) in [7, 11) is 4.41. The molecule has 2 saturated heterocycles. The summed E-state index contributed by atoms with van der Waals surface area (Å²) in [4.78, 5) is 97.9. The number of Topliss-reactive ketones (excluding diaryl/α,β-unsaturated/α-hetero) is 3. The maximum atomic E-state index is 14.6. The third kappa shape index (κ3) is 17.8. The second-order valence-corrected chi connectivity index (χ2v) is 23.0. The number of esters is 3. The quantitative estimate of drug-likeness (QED) is 0.0607. The van der Waals surface area contributed by atoms with Crippen LogP contribution < -0.4 is 0 Å². The molecule has 1 amide bonds. The fraction of sp³-hybridized carbons (Fsp3) is 0.741. The first-order valence-corrected chi connectivity index (χ1v) is 28.5. The average molecular weight is 1150 g/mol. The summed E-state index contributed by atoms with van der Waals surface area (Å²) in [5.41, 5.74) is -0.320. The van der Waals surface area contributed by atoms with Crippen LogP contribution in [0.5, 0.6) is 0 Å². The molecule has 0 aromatic rings. The average Bonchev–Trinajstić information content (AvgIpc) is 3.41. The van der Waals surface area contributed by atoms with Gasteiger partial charge in [-0.15, -0.1) is 0 Å². The number of ether oxygens (including phenoxy) is 7. The lowest BCUT2D eigenvalue weighted by Crippen LogP contribution is -2.61. The first kappa shape index (κ1) is 65.6. The van der Waals surface area contributed by atoms with Crippen molar-refractivity contribution < 1.29 is 82.0 Å². The molecule has 18 nitrogen and oxygen atoms in total. The molecular formula is C58H88BrNO17. The molecule has 0 spiro atoms. The van der Waals surface area contributed by atoms with Crippen LogP contribution in [0.4, 0.5) is 0 Å². The lowest BCUT2D eigenvalue weighted by molar-refractivity contribution is -0.265. The van der Waals surface area contributed by atoms with Gasteiger partial charge in [0, 0.05) is 58.5 Å². The molecule has 3 N–H and O–H groups in total. The SMILES string of the molecule is COC1C(=O)[C@H](C)CC(C)/C=C/C=C/C=C(\C)[C@@H](OC)C[C@@H]2CC[C@@H](C)[C@@](O)(O2)C(=O)C(=O)N2CCCCC2C(=O)O[C@H]([C@@H](C)C[C@@H]2CC[C@@H](OC(=O)C(C)(CO)COC(=O)CBr)[C@H](OC)C2)CC(=O)C(C)/C=C(\C)[C@H]1O. The molecule has 0 aromatic carbocycles. The van der Waals surface area contributed by atoms with Gasteiger partial charge in [0.25, 0.3) is 11.7 Å². The Morgan fingerprint density at radius 2 is 1.61 bits per heavy atom. The summed E-state index contributed by atoms with van der Waals surface area (Å²) in [5, 5.41) is 33.6. The third-order valence-corrected chi connectivity index (χ3v) is 16.7. The number of alkyl halides is 1. The van der Waals surface area contributed by atoms with Crippen molar-refractivity contribution in [3.05, 3.63) is 47.6 Å². The third-order valence-electron chi connectivity index (χ3n) is 16.2. The molecule has 2 bridgehead atoms. The van der Waals surface area contributed by atoms with Gasteiger partial charge in [-0.3, -0.25) is 28.8 Å². The van der Waals surface area contributed by atoms with E-state index in [0.29, 0.717) is 63.4 Å². The number of hydrogen-bond donors (Lipinski definition) is 3. The number of ketones is 3. The highest BCUT2D eigenvalue weighted by Crippen LogP contribution is 2.39. The van der Waals surface area contributed by atoms with Crippen molar-refractivity contribution >= 4 is 57.1 Å². The number of aliphatic hydroxyl groups excluding tert-OH is 2. The minimum atomic E-state index is -2.48. The Bertz CT molecular complexity index is 2160. The van der Waals surface area contributed by atoms with E-state index in [1.54, 1.807) is 40.9 Å². The molecule has 3 heterocycles. The molecule has 19 heteroatoms. The maximum Gasteiger partial charge on any atom is 0.329 e. The van der Waals surface area contributed by atoms with E-state index in [-0.39, 0.29) is 61.1 Å². The van der Waals surface area contributed by atoms with Crippen LogP contribution in [0.1, 0.15) is 132 Å². The van der Waals surface area contributed by atoms with Crippen LogP contribution in [0, 0.1) is 40.9 Å². The van der Waals surface area contributed by atoms with E-state index < -0.39 is 120 Å². The number of aliphatic hydroxyl groups is 3. The van der Waals surface area contributed by atoms with Crippen molar-refractivity contribution in [1.82, 2.24) is 4.90 Å². The number of piperidine rings is 1. The largest absolute Gasteiger partial charge is 0.464 e. The zero-order chi connectivity index (χ0) is 57.4. The van der Waals surface area contributed by atoms with Crippen LogP contribution in [-0.4, -0.2) is 162 Å². The van der Waals surface area contributed by atoms with Gasteiger partial charge in [0.05, 0.1) is 24.9 Å². The molecule has 434 valence electrons. The number of allylic oxidation sites excluding steroid dienone is 6. The first-order chi connectivity index (χ1) is 36.4. The number of methoxy groups -OCH3 is 3. The maximum absolute atomic E-state index is 14.6. The molecular weight excluding hydrogens is 1060 g/mol. The predicted octanol–water partition coefficient (Wildman–Crippen LogP) is 6.67. The number of halogens is 1. The van der Waals surface area contributed by atoms with Gasteiger partial charge in [0.1, 0.15) is 53.6 Å². The molecule has 4 rings (SSSR count). The normalized spacial score (nSPS) is 36.6. The van der Waals surface area contributed by atoms with Crippen LogP contribution in [0.25, 0.3) is 0 Å². The molecule has 3 aliphatic heterocycles. The summed E-state index contributed by atoms with van der Waals surface area (Å²) in [6.07, 6.45) is 9.42. The molecule has 4 aliphatic rings. The van der Waals surface area contributed by atoms with E-state index in [1.807, 2.05) is 51.2 Å². The molecule has 1 aliphatic carbocycles. The number of hydrogen-bond acceptors (Lipinski definition) is 17. The Balaban J connectivity index is 1.68. The minimum absolute atomic E-state index is 0.0142. The first-order valence-electron chi connectivity index (χ1n) is 27.4. The van der Waals surface area contributed by atoms with Crippen molar-refractivity contribution in [3.63, 3.8) is 0 Å². The molecule has 0 radical (unpaired) electrons. The molecule has 0 aromatic heterocycles. The zero-order valence-electron chi connectivity index (χ0n) is 47.2. The smallest absolute Gasteiger partial charge is 0.329 e. The summed E-state index contributed by atoms with van der Waals surface area (Å²) >= 11 is 3.02. The van der Waals surface area contributed by atoms with Crippen LogP contribution >= 0.6 is 15.9 Å². The van der Waals surface area contributed by atoms with Crippen molar-refractivity contribution in [2.75, 3.05) is 46.4 Å². The molecule has 3 fully saturated rings. The van der Waals surface area contributed by atoms with Gasteiger partial charge < -0.3 is 53.4 Å². The second-order valence-electron chi connectivity index (χ2n) is 22.5. The number of amides is 1. The fourth-order valence-electron chi connectivity index (χ4n) is 11.0. The van der Waals surface area contributed by atoms with Gasteiger partial charge in [-0.05, 0) is 114 Å². The van der Waals surface area contributed by atoms with E-state index in [0.717, 1.165) is 10.5 Å². The fourth-order valence-corrected chi connectivity index (χ4v) is 11.1. The Morgan fingerprint density at radius 1 is 0.896 bits per heavy atom. The van der Waals surface area contributed by atoms with E-state index in [2.05, 4.69) is 15.9 Å². The van der Waals surface area contributed by atoms with Gasteiger partial charge in [-0.2, -0.15) is 0 Å². The number of carbonyl (C=O) groups is 7. The highest BCUT2D eigenvalue weighted by atomic mass is 79.9. The molecule has 1 saturated carbocycles. The standard InChI is InChI=1S/C58H88BrNO17/c1-34-17-13-12-14-18-35(2)46(71-9)29-42-22-20-40(7)58(70,77-42)53(66)54(67)60-24-16-15-19-43(60)55(68)75-47(30-44(62)36(3)26-39(6)51(65)52(73-11)50(64)38(5)25-34)37(4)27-41-21-23-45(48(28-41)72-10)76-56(69)57(8,32-61)33-74-49(63)31-59/h12-14,17-18,26,34,36-38,40-43,45-48,51-52,61,65,70H,15-16,19-25,27-33H2,1-11H3/b14-12+,17-13+,35-18+,39-26+/t34?,36?,37-,38+,40+,41-,42-,43?,45+,46-,47-,48+,51+,52?,57?,58+/m0/s1. The van der Waals surface area contributed by atoms with Crippen LogP contribution in [0.3, 0.4) is 0 Å². The van der Waals surface area contributed by atoms with E-state index in [4.69, 9.17) is 33.2 Å². The lowest BCUT2D eigenvalue weighted by Gasteiger charge is -2.42. The van der Waals surface area contributed by atoms with Gasteiger partial charge >= 0.3 is 17.9 Å². The molecule has 16 atom stereocenters. The van der Waals surface area contributed by atoms with Crippen molar-refractivity contribution in [2.45, 2.75) is 187 Å². The van der Waals surface area contributed by atoms with Gasteiger partial charge in [0.15, 0.2) is 5.78 Å². The number of fused-ring (bicyclic) bond motifs is 3. The Kier molecular flexibility index (Phi) is 26.0. The van der Waals surface area contributed by atoms with E-state index in [9.17, 15) is 48.9 Å². The van der Waals surface area contributed by atoms with Crippen LogP contribution in [0.2, 0.25) is 0 Å². The Labute approximate surface area is 464 Å². The monoisotopic (exact) mass is 1150 g/mol. The Morgan fingerprint density at radius 3 is 2.26 bits per heavy atom. The van der Waals surface area contributed by atoms with E-state index in [1.165, 1.54) is 21.1 Å². The Hall–Kier alpha value is -3.95. The predicted molar refractivity (Wildman–Crippen MR) is 289 cm³/mol. The summed E-state index contributed by atoms with van der Waals surface area (Å²) < 4.78 is 40.8. The van der Waals surface area contributed by atoms with Crippen molar-refractivity contribution in [2.24, 2.45) is 40.9 Å². The highest BCUT2D eigenvalue weighted by Gasteiger charge is 2.53. The van der Waals surface area contributed by atoms with E-state index >= 15 is 0 Å². The van der Waals surface area contributed by atoms with Gasteiger partial charge in [0.2, 0.25) is 5.79 Å². The van der Waals surface area contributed by atoms with Crippen molar-refractivity contribution in [3.8, 4) is 0 Å². The second kappa shape index (κ2) is 30.6. The minimum Gasteiger partial charge on any atom is -0.464 e. The van der Waals surface area contributed by atoms with Crippen LogP contribution in [0.15, 0.2) is 47.6 Å². The van der Waals surface area contributed by atoms with Gasteiger partial charge in [-0.25, -0.2) is 4.79 Å². The topological polar surface area (TPSA) is 248 Å². The number of nitrogens with zero attached hydrogens (tertiary/aromatic N) is 1. The highest BCUT2D eigenvalue weighted by molar-refractivity contribution is 9.09. The number of carbonyl (C=O) groups excluding carboxylic acids is 7. The summed E-state index contributed by atoms with van der Waals surface area (Å²) in [5.74, 6) is -10.1.